The number of hydrogen-bond donors (Lipinski definition) is 0. The van der Waals surface area contributed by atoms with Crippen LogP contribution in [0.2, 0.25) is 0 Å². The molecule has 2 amide bonds. The van der Waals surface area contributed by atoms with Crippen molar-refractivity contribution in [1.82, 2.24) is 14.7 Å². The van der Waals surface area contributed by atoms with E-state index in [2.05, 4.69) is 5.10 Å². The lowest BCUT2D eigenvalue weighted by atomic mass is 9.87. The smallest absolute Gasteiger partial charge is 0.274 e. The fourth-order valence-electron chi connectivity index (χ4n) is 3.91. The SMILES string of the molecule is CCn1ccc(C(=O)N2CCC3(COCC(=O)N(c4ccccc4)C3)C2)n1. The molecule has 0 saturated carbocycles. The maximum absolute atomic E-state index is 12.8. The maximum Gasteiger partial charge on any atom is 0.274 e. The lowest BCUT2D eigenvalue weighted by Gasteiger charge is -2.31. The van der Waals surface area contributed by atoms with Crippen LogP contribution in [0.15, 0.2) is 42.6 Å². The number of carbonyl (C=O) groups is 2. The predicted molar refractivity (Wildman–Crippen MR) is 100 cm³/mol. The first-order valence-electron chi connectivity index (χ1n) is 9.36. The van der Waals surface area contributed by atoms with E-state index in [9.17, 15) is 9.59 Å². The van der Waals surface area contributed by atoms with Gasteiger partial charge in [-0.3, -0.25) is 14.3 Å². The van der Waals surface area contributed by atoms with Crippen LogP contribution in [0.1, 0.15) is 23.8 Å². The van der Waals surface area contributed by atoms with Crippen LogP contribution in [0.4, 0.5) is 5.69 Å². The van der Waals surface area contributed by atoms with E-state index in [0.29, 0.717) is 31.9 Å². The van der Waals surface area contributed by atoms with Gasteiger partial charge < -0.3 is 14.5 Å². The third kappa shape index (κ3) is 3.47. The van der Waals surface area contributed by atoms with Crippen molar-refractivity contribution in [2.45, 2.75) is 19.9 Å². The zero-order valence-electron chi connectivity index (χ0n) is 15.5. The molecule has 3 heterocycles. The minimum Gasteiger partial charge on any atom is -0.371 e. The molecule has 142 valence electrons. The Morgan fingerprint density at radius 3 is 2.78 bits per heavy atom. The van der Waals surface area contributed by atoms with Gasteiger partial charge >= 0.3 is 0 Å². The predicted octanol–water partition coefficient (Wildman–Crippen LogP) is 1.80. The van der Waals surface area contributed by atoms with Gasteiger partial charge in [-0.25, -0.2) is 0 Å². The maximum atomic E-state index is 12.8. The van der Waals surface area contributed by atoms with Crippen LogP contribution in [0.3, 0.4) is 0 Å². The highest BCUT2D eigenvalue weighted by Crippen LogP contribution is 2.35. The Balaban J connectivity index is 1.53. The van der Waals surface area contributed by atoms with Crippen molar-refractivity contribution in [2.24, 2.45) is 5.41 Å². The van der Waals surface area contributed by atoms with E-state index >= 15 is 0 Å². The number of anilines is 1. The van der Waals surface area contributed by atoms with Crippen molar-refractivity contribution < 1.29 is 14.3 Å². The normalized spacial score (nSPS) is 23.1. The van der Waals surface area contributed by atoms with Crippen molar-refractivity contribution in [3.8, 4) is 0 Å². The number of likely N-dealkylation sites (tertiary alicyclic amines) is 1. The summed E-state index contributed by atoms with van der Waals surface area (Å²) in [5.41, 5.74) is 1.10. The number of para-hydroxylation sites is 1. The quantitative estimate of drug-likeness (QED) is 0.829. The number of aromatic nitrogens is 2. The summed E-state index contributed by atoms with van der Waals surface area (Å²) in [5.74, 6) is -0.0922. The Morgan fingerprint density at radius 1 is 1.22 bits per heavy atom. The van der Waals surface area contributed by atoms with E-state index in [4.69, 9.17) is 4.74 Å². The number of carbonyl (C=O) groups excluding carboxylic acids is 2. The van der Waals surface area contributed by atoms with Crippen molar-refractivity contribution in [3.63, 3.8) is 0 Å². The first-order valence-corrected chi connectivity index (χ1v) is 9.36. The van der Waals surface area contributed by atoms with Gasteiger partial charge in [0.2, 0.25) is 0 Å². The molecule has 0 bridgehead atoms. The molecule has 7 heteroatoms. The van der Waals surface area contributed by atoms with E-state index in [1.165, 1.54) is 0 Å². The highest BCUT2D eigenvalue weighted by Gasteiger charge is 2.44. The summed E-state index contributed by atoms with van der Waals surface area (Å²) in [4.78, 5) is 29.0. The van der Waals surface area contributed by atoms with E-state index < -0.39 is 0 Å². The number of hydrogen-bond acceptors (Lipinski definition) is 4. The molecule has 27 heavy (non-hydrogen) atoms. The highest BCUT2D eigenvalue weighted by atomic mass is 16.5. The van der Waals surface area contributed by atoms with Gasteiger partial charge in [0.05, 0.1) is 6.61 Å². The van der Waals surface area contributed by atoms with Crippen LogP contribution < -0.4 is 4.90 Å². The molecule has 0 aliphatic carbocycles. The summed E-state index contributed by atoms with van der Waals surface area (Å²) in [5, 5.41) is 4.33. The molecule has 1 aromatic carbocycles. The van der Waals surface area contributed by atoms with Gasteiger partial charge in [-0.1, -0.05) is 18.2 Å². The third-order valence-corrected chi connectivity index (χ3v) is 5.41. The van der Waals surface area contributed by atoms with E-state index in [0.717, 1.165) is 18.7 Å². The summed E-state index contributed by atoms with van der Waals surface area (Å²) >= 11 is 0. The molecule has 4 rings (SSSR count). The Labute approximate surface area is 158 Å². The molecule has 2 aromatic rings. The van der Waals surface area contributed by atoms with E-state index in [1.54, 1.807) is 15.6 Å². The van der Waals surface area contributed by atoms with Gasteiger partial charge in [0.1, 0.15) is 12.3 Å². The molecule has 2 aliphatic heterocycles. The molecule has 1 aromatic heterocycles. The highest BCUT2D eigenvalue weighted by molar-refractivity contribution is 5.95. The second kappa shape index (κ2) is 7.15. The third-order valence-electron chi connectivity index (χ3n) is 5.41. The molecule has 0 N–H and O–H groups in total. The van der Waals surface area contributed by atoms with Crippen LogP contribution >= 0.6 is 0 Å². The number of rotatable bonds is 3. The molecular weight excluding hydrogens is 344 g/mol. The molecule has 1 atom stereocenters. The van der Waals surface area contributed by atoms with Crippen molar-refractivity contribution in [1.29, 1.82) is 0 Å². The minimum atomic E-state index is -0.245. The zero-order valence-corrected chi connectivity index (χ0v) is 15.5. The van der Waals surface area contributed by atoms with Gasteiger partial charge in [0.25, 0.3) is 11.8 Å². The topological polar surface area (TPSA) is 67.7 Å². The van der Waals surface area contributed by atoms with Crippen LogP contribution in [-0.4, -0.2) is 59.3 Å². The van der Waals surface area contributed by atoms with Crippen LogP contribution in [0.25, 0.3) is 0 Å². The number of aryl methyl sites for hydroxylation is 1. The minimum absolute atomic E-state index is 0.0375. The Kier molecular flexibility index (Phi) is 4.70. The molecule has 7 nitrogen and oxygen atoms in total. The Morgan fingerprint density at radius 2 is 2.04 bits per heavy atom. The van der Waals surface area contributed by atoms with Crippen molar-refractivity contribution in [3.05, 3.63) is 48.3 Å². The Hall–Kier alpha value is -2.67. The molecule has 1 unspecified atom stereocenters. The first-order chi connectivity index (χ1) is 13.1. The molecule has 1 spiro atoms. The van der Waals surface area contributed by atoms with Gasteiger partial charge in [0, 0.05) is 43.5 Å². The molecule has 2 fully saturated rings. The first kappa shape index (κ1) is 17.7. The molecule has 2 saturated heterocycles. The van der Waals surface area contributed by atoms with Gasteiger partial charge in [0.15, 0.2) is 0 Å². The largest absolute Gasteiger partial charge is 0.371 e. The fraction of sp³-hybridized carbons (Fsp3) is 0.450. The fourth-order valence-corrected chi connectivity index (χ4v) is 3.91. The average Bonchev–Trinajstić information content (AvgIpc) is 3.30. The average molecular weight is 368 g/mol. The summed E-state index contributed by atoms with van der Waals surface area (Å²) in [7, 11) is 0. The van der Waals surface area contributed by atoms with Gasteiger partial charge in [-0.15, -0.1) is 0 Å². The van der Waals surface area contributed by atoms with Gasteiger partial charge in [-0.05, 0) is 31.5 Å². The zero-order chi connectivity index (χ0) is 18.9. The Bertz CT molecular complexity index is 835. The van der Waals surface area contributed by atoms with Crippen LogP contribution in [0.5, 0.6) is 0 Å². The molecular formula is C20H24N4O3. The monoisotopic (exact) mass is 368 g/mol. The summed E-state index contributed by atoms with van der Waals surface area (Å²) in [6.45, 7) is 5.06. The van der Waals surface area contributed by atoms with E-state index in [-0.39, 0.29) is 23.8 Å². The van der Waals surface area contributed by atoms with Crippen molar-refractivity contribution in [2.75, 3.05) is 37.7 Å². The second-order valence-corrected chi connectivity index (χ2v) is 7.34. The lowest BCUT2D eigenvalue weighted by molar-refractivity contribution is -0.122. The number of amides is 2. The number of benzene rings is 1. The van der Waals surface area contributed by atoms with E-state index in [1.807, 2.05) is 48.4 Å². The molecule has 0 radical (unpaired) electrons. The van der Waals surface area contributed by atoms with Crippen LogP contribution in [0, 0.1) is 5.41 Å². The standard InChI is InChI=1S/C20H24N4O3/c1-2-23-10-8-17(21-23)19(26)22-11-9-20(13-22)14-24(18(25)12-27-15-20)16-6-4-3-5-7-16/h3-8,10H,2,9,11-15H2,1H3. The summed E-state index contributed by atoms with van der Waals surface area (Å²) < 4.78 is 7.46. The second-order valence-electron chi connectivity index (χ2n) is 7.34. The number of ether oxygens (including phenoxy) is 1. The van der Waals surface area contributed by atoms with Crippen LogP contribution in [-0.2, 0) is 16.1 Å². The summed E-state index contributed by atoms with van der Waals surface area (Å²) in [6, 6.07) is 11.4. The molecule has 2 aliphatic rings. The lowest BCUT2D eigenvalue weighted by Crippen LogP contribution is -2.43. The number of nitrogens with zero attached hydrogens (tertiary/aromatic N) is 4. The van der Waals surface area contributed by atoms with Crippen molar-refractivity contribution >= 4 is 17.5 Å². The summed E-state index contributed by atoms with van der Waals surface area (Å²) in [6.07, 6.45) is 2.63. The van der Waals surface area contributed by atoms with Gasteiger partial charge in [-0.2, -0.15) is 5.10 Å².